The lowest BCUT2D eigenvalue weighted by Gasteiger charge is -2.11. The predicted octanol–water partition coefficient (Wildman–Crippen LogP) is 28.3. The van der Waals surface area contributed by atoms with E-state index in [1.54, 1.807) is 0 Å². The highest BCUT2D eigenvalue weighted by molar-refractivity contribution is 6.49. The molecule has 0 heterocycles. The molecule has 0 saturated heterocycles. The molecule has 2 nitrogen and oxygen atoms in total. The fraction of sp³-hybridized carbons (Fsp3) is 0.753. The van der Waals surface area contributed by atoms with Gasteiger partial charge >= 0.3 is 0 Å². The van der Waals surface area contributed by atoms with Gasteiger partial charge in [-0.25, -0.2) is 4.99 Å². The topological polar surface area (TPSA) is 24.7 Å². The Morgan fingerprint density at radius 1 is 0.301 bits per heavy atom. The van der Waals surface area contributed by atoms with Crippen molar-refractivity contribution in [3.05, 3.63) is 84.0 Å². The summed E-state index contributed by atoms with van der Waals surface area (Å²) >= 11 is 0. The third kappa shape index (κ3) is 48.6. The lowest BCUT2D eigenvalue weighted by Crippen LogP contribution is -2.13. The fourth-order valence-corrected chi connectivity index (χ4v) is 12.1. The molecule has 0 fully saturated rings. The molecule has 0 aromatic heterocycles. The van der Waals surface area contributed by atoms with E-state index in [-0.39, 0.29) is 0 Å². The molecule has 0 bridgehead atoms. The van der Waals surface area contributed by atoms with Crippen LogP contribution >= 0.6 is 0 Å². The van der Waals surface area contributed by atoms with Gasteiger partial charge in [-0.1, -0.05) is 390 Å². The molecule has 0 saturated carbocycles. The minimum Gasteiger partial charge on any atom is -0.250 e. The zero-order chi connectivity index (χ0) is 59.1. The summed E-state index contributed by atoms with van der Waals surface area (Å²) in [7, 11) is 0. The average Bonchev–Trinajstić information content (AvgIpc) is 3.50. The summed E-state index contributed by atoms with van der Waals surface area (Å²) in [4.78, 5) is 10.8. The maximum Gasteiger partial charge on any atom is 0.135 e. The van der Waals surface area contributed by atoms with Gasteiger partial charge in [-0.2, -0.15) is 0 Å². The highest BCUT2D eigenvalue weighted by atomic mass is 14.8. The van der Waals surface area contributed by atoms with Crippen molar-refractivity contribution in [2.24, 2.45) is 9.98 Å². The SMILES string of the molecule is CCC#CC(=Nc1ccccc1CC/C=C/CCCCCCCCCCCCCCCCCCCCCCCCC)C(CCCCC)=Nc1ccccc1CC/C=C/CCCCCCCCCCCCCCCCCCCCCCCCC. The molecule has 83 heavy (non-hydrogen) atoms. The summed E-state index contributed by atoms with van der Waals surface area (Å²) < 4.78 is 0. The Morgan fingerprint density at radius 3 is 0.880 bits per heavy atom. The van der Waals surface area contributed by atoms with Crippen LogP contribution in [0.2, 0.25) is 0 Å². The Balaban J connectivity index is 1.65. The van der Waals surface area contributed by atoms with E-state index in [0.29, 0.717) is 0 Å². The molecule has 0 aliphatic carbocycles. The molecule has 2 aromatic rings. The second kappa shape index (κ2) is 61.9. The van der Waals surface area contributed by atoms with Crippen molar-refractivity contribution in [1.82, 2.24) is 0 Å². The zero-order valence-corrected chi connectivity index (χ0v) is 56.1. The van der Waals surface area contributed by atoms with Crippen LogP contribution in [0.1, 0.15) is 392 Å². The number of para-hydroxylation sites is 2. The Kier molecular flexibility index (Phi) is 56.6. The molecule has 2 aromatic carbocycles. The quantitative estimate of drug-likeness (QED) is 0.0273. The molecule has 2 heteroatoms. The number of hydrogen-bond donors (Lipinski definition) is 0. The lowest BCUT2D eigenvalue weighted by molar-refractivity contribution is 0.518. The van der Waals surface area contributed by atoms with E-state index < -0.39 is 0 Å². The number of benzene rings is 2. The van der Waals surface area contributed by atoms with Gasteiger partial charge in [-0.15, -0.1) is 0 Å². The van der Waals surface area contributed by atoms with Crippen molar-refractivity contribution in [2.45, 2.75) is 394 Å². The molecule has 0 unspecified atom stereocenters. The first-order chi connectivity index (χ1) is 41.2. The van der Waals surface area contributed by atoms with E-state index in [1.807, 2.05) is 0 Å². The number of rotatable bonds is 61. The molecule has 0 atom stereocenters. The normalized spacial score (nSPS) is 12.1. The van der Waals surface area contributed by atoms with Crippen LogP contribution < -0.4 is 0 Å². The number of nitrogens with zero attached hydrogens (tertiary/aromatic N) is 2. The van der Waals surface area contributed by atoms with E-state index in [1.165, 1.54) is 332 Å². The summed E-state index contributed by atoms with van der Waals surface area (Å²) in [5.74, 6) is 6.90. The van der Waals surface area contributed by atoms with Gasteiger partial charge in [0, 0.05) is 6.42 Å². The van der Waals surface area contributed by atoms with Gasteiger partial charge in [-0.05, 0) is 93.4 Å². The third-order valence-corrected chi connectivity index (χ3v) is 17.6. The van der Waals surface area contributed by atoms with Gasteiger partial charge < -0.3 is 0 Å². The molecule has 0 radical (unpaired) electrons. The summed E-state index contributed by atoms with van der Waals surface area (Å²) in [6.45, 7) is 9.04. The van der Waals surface area contributed by atoms with Crippen molar-refractivity contribution in [3.8, 4) is 11.8 Å². The van der Waals surface area contributed by atoms with Gasteiger partial charge in [0.2, 0.25) is 0 Å². The Bertz CT molecular complexity index is 1870. The van der Waals surface area contributed by atoms with Gasteiger partial charge in [0.1, 0.15) is 5.71 Å². The van der Waals surface area contributed by atoms with Crippen LogP contribution in [0.3, 0.4) is 0 Å². The van der Waals surface area contributed by atoms with Gasteiger partial charge in [0.15, 0.2) is 0 Å². The Hall–Kier alpha value is -3.18. The third-order valence-electron chi connectivity index (χ3n) is 17.6. The van der Waals surface area contributed by atoms with Crippen LogP contribution in [0.15, 0.2) is 82.8 Å². The van der Waals surface area contributed by atoms with Crippen LogP contribution in [0.5, 0.6) is 0 Å². The van der Waals surface area contributed by atoms with Crippen LogP contribution in [0.25, 0.3) is 0 Å². The van der Waals surface area contributed by atoms with Crippen molar-refractivity contribution < 1.29 is 0 Å². The number of hydrogen-bond acceptors (Lipinski definition) is 2. The molecular weight excluding hydrogens is 1000 g/mol. The monoisotopic (exact) mass is 1140 g/mol. The van der Waals surface area contributed by atoms with Crippen LogP contribution in [-0.2, 0) is 12.8 Å². The van der Waals surface area contributed by atoms with Gasteiger partial charge in [-0.3, -0.25) is 4.99 Å². The molecule has 0 aliphatic heterocycles. The number of aliphatic imine (C=N–C) groups is 2. The highest BCUT2D eigenvalue weighted by Gasteiger charge is 2.12. The molecule has 472 valence electrons. The maximum absolute atomic E-state index is 5.44. The summed E-state index contributed by atoms with van der Waals surface area (Å²) in [6.07, 6.45) is 87.6. The van der Waals surface area contributed by atoms with Crippen molar-refractivity contribution in [1.29, 1.82) is 0 Å². The summed E-state index contributed by atoms with van der Waals surface area (Å²) in [6, 6.07) is 17.5. The second-order valence-corrected chi connectivity index (χ2v) is 25.5. The maximum atomic E-state index is 5.44. The average molecular weight is 1140 g/mol. The minimum absolute atomic E-state index is 0.801. The Morgan fingerprint density at radius 2 is 0.566 bits per heavy atom. The summed E-state index contributed by atoms with van der Waals surface area (Å²) in [5.41, 5.74) is 6.61. The van der Waals surface area contributed by atoms with Crippen molar-refractivity contribution >= 4 is 22.8 Å². The molecule has 0 amide bonds. The van der Waals surface area contributed by atoms with Crippen LogP contribution in [-0.4, -0.2) is 11.4 Å². The van der Waals surface area contributed by atoms with Crippen molar-refractivity contribution in [2.75, 3.05) is 0 Å². The second-order valence-electron chi connectivity index (χ2n) is 25.5. The van der Waals surface area contributed by atoms with Crippen molar-refractivity contribution in [3.63, 3.8) is 0 Å². The predicted molar refractivity (Wildman–Crippen MR) is 377 cm³/mol. The molecule has 0 N–H and O–H groups in total. The zero-order valence-electron chi connectivity index (χ0n) is 56.1. The van der Waals surface area contributed by atoms with E-state index in [4.69, 9.17) is 9.98 Å². The molecule has 2 rings (SSSR count). The smallest absolute Gasteiger partial charge is 0.135 e. The highest BCUT2D eigenvalue weighted by Crippen LogP contribution is 2.26. The standard InChI is InChI=1S/C81H138N2/c1-5-9-13-15-17-19-21-23-25-27-29-31-33-35-37-39-41-43-45-47-49-51-53-55-57-59-62-68-76-70-64-66-73-78(76)82-80(72-12-8-4)81(75-61-11-7-3)83-79-74-67-65-71-77(79)69-63-60-58-56-54-52-50-48-46-44-42-40-38-36-34-32-30-28-26-24-22-20-18-16-14-10-6-2/h57-60,64-67,70-71,73-74H,5-11,13-56,61-63,68-69,75H2,1-4H3/b59-57+,60-58+,82-80?,83-81?. The Labute approximate surface area is 519 Å². The first kappa shape index (κ1) is 75.9. The van der Waals surface area contributed by atoms with Gasteiger partial charge in [0.25, 0.3) is 0 Å². The van der Waals surface area contributed by atoms with Gasteiger partial charge in [0.05, 0.1) is 17.1 Å². The largest absolute Gasteiger partial charge is 0.250 e. The molecule has 0 aliphatic rings. The first-order valence-electron chi connectivity index (χ1n) is 37.3. The molecular formula is C81H138N2. The summed E-state index contributed by atoms with van der Waals surface area (Å²) in [5, 5.41) is 0. The van der Waals surface area contributed by atoms with E-state index in [2.05, 4.69) is 112 Å². The first-order valence-corrected chi connectivity index (χ1v) is 37.3. The minimum atomic E-state index is 0.801. The van der Waals surface area contributed by atoms with Crippen LogP contribution in [0.4, 0.5) is 11.4 Å². The number of aryl methyl sites for hydroxylation is 2. The van der Waals surface area contributed by atoms with E-state index in [0.717, 1.165) is 67.7 Å². The number of unbranched alkanes of at least 4 members (excludes halogenated alkanes) is 48. The lowest BCUT2D eigenvalue weighted by atomic mass is 10.0. The number of allylic oxidation sites excluding steroid dienone is 4. The van der Waals surface area contributed by atoms with E-state index in [9.17, 15) is 0 Å². The fourth-order valence-electron chi connectivity index (χ4n) is 12.1. The molecule has 0 spiro atoms. The van der Waals surface area contributed by atoms with E-state index >= 15 is 0 Å². The van der Waals surface area contributed by atoms with Crippen LogP contribution in [0, 0.1) is 11.8 Å².